The largest absolute Gasteiger partial charge is 0.462 e. The zero-order chi connectivity index (χ0) is 14.8. The van der Waals surface area contributed by atoms with Gasteiger partial charge < -0.3 is 4.74 Å². The third kappa shape index (κ3) is 3.40. The number of pyridine rings is 1. The molecule has 0 aliphatic carbocycles. The predicted octanol–water partition coefficient (Wildman–Crippen LogP) is 3.98. The van der Waals surface area contributed by atoms with Crippen molar-refractivity contribution in [2.24, 2.45) is 0 Å². The number of esters is 1. The molecule has 0 fully saturated rings. The molecule has 3 nitrogen and oxygen atoms in total. The highest BCUT2D eigenvalue weighted by Crippen LogP contribution is 2.40. The molecule has 1 rings (SSSR count). The maximum absolute atomic E-state index is 12.8. The van der Waals surface area contributed by atoms with E-state index < -0.39 is 39.9 Å². The maximum atomic E-state index is 12.8. The fourth-order valence-electron chi connectivity index (χ4n) is 1.36. The number of carbonyl (C=O) groups excluding carboxylic acids is 1. The van der Waals surface area contributed by atoms with Crippen molar-refractivity contribution in [2.75, 3.05) is 6.61 Å². The fourth-order valence-corrected chi connectivity index (χ4v) is 1.88. The molecule has 1 aromatic heterocycles. The molecule has 106 valence electrons. The number of rotatable bonds is 3. The van der Waals surface area contributed by atoms with Crippen molar-refractivity contribution < 1.29 is 31.5 Å². The summed E-state index contributed by atoms with van der Waals surface area (Å²) in [5.74, 6) is -1.49. The molecular weight excluding hydrogens is 341 g/mol. The quantitative estimate of drug-likeness (QED) is 0.613. The van der Waals surface area contributed by atoms with Gasteiger partial charge in [-0.2, -0.15) is 13.2 Å². The third-order valence-corrected chi connectivity index (χ3v) is 2.63. The fraction of sp³-hybridized carbons (Fsp3) is 0.400. The highest BCUT2D eigenvalue weighted by Gasteiger charge is 2.41. The zero-order valence-corrected chi connectivity index (χ0v) is 11.0. The van der Waals surface area contributed by atoms with E-state index in [1.807, 2.05) is 0 Å². The Kier molecular flexibility index (Phi) is 4.83. The van der Waals surface area contributed by atoms with Gasteiger partial charge in [0.2, 0.25) is 0 Å². The van der Waals surface area contributed by atoms with Crippen LogP contribution in [0, 0.1) is 0 Å². The molecule has 0 saturated carbocycles. The van der Waals surface area contributed by atoms with Crippen molar-refractivity contribution in [2.45, 2.75) is 19.5 Å². The van der Waals surface area contributed by atoms with E-state index >= 15 is 0 Å². The lowest BCUT2D eigenvalue weighted by Crippen LogP contribution is -2.19. The van der Waals surface area contributed by atoms with Crippen molar-refractivity contribution in [1.82, 2.24) is 4.98 Å². The first-order valence-corrected chi connectivity index (χ1v) is 5.70. The summed E-state index contributed by atoms with van der Waals surface area (Å²) in [4.78, 5) is 14.6. The van der Waals surface area contributed by atoms with Crippen molar-refractivity contribution in [3.05, 3.63) is 27.5 Å². The highest BCUT2D eigenvalue weighted by molar-refractivity contribution is 9.10. The van der Waals surface area contributed by atoms with Gasteiger partial charge >= 0.3 is 12.1 Å². The monoisotopic (exact) mass is 347 g/mol. The average Bonchev–Trinajstić information content (AvgIpc) is 2.26. The second-order valence-electron chi connectivity index (χ2n) is 3.26. The van der Waals surface area contributed by atoms with E-state index in [0.29, 0.717) is 6.20 Å². The molecule has 0 N–H and O–H groups in total. The minimum absolute atomic E-state index is 0.245. The van der Waals surface area contributed by atoms with Gasteiger partial charge in [-0.3, -0.25) is 4.98 Å². The molecule has 0 radical (unpaired) electrons. The van der Waals surface area contributed by atoms with E-state index in [1.54, 1.807) is 0 Å². The first kappa shape index (κ1) is 15.8. The first-order chi connectivity index (χ1) is 8.70. The van der Waals surface area contributed by atoms with Gasteiger partial charge in [0.25, 0.3) is 6.43 Å². The van der Waals surface area contributed by atoms with Crippen LogP contribution in [0.5, 0.6) is 0 Å². The molecule has 1 aromatic rings. The van der Waals surface area contributed by atoms with Crippen LogP contribution in [0.4, 0.5) is 22.0 Å². The van der Waals surface area contributed by atoms with Gasteiger partial charge in [-0.25, -0.2) is 13.6 Å². The standard InChI is InChI=1S/C10H7BrF5NO2/c1-2-19-9(18)5-6(10(14,15)16)4(11)3-17-7(5)8(12)13/h3,8H,2H2,1H3. The Labute approximate surface area is 112 Å². The van der Waals surface area contributed by atoms with Gasteiger partial charge in [0.1, 0.15) is 11.3 Å². The Morgan fingerprint density at radius 3 is 2.47 bits per heavy atom. The smallest absolute Gasteiger partial charge is 0.418 e. The van der Waals surface area contributed by atoms with Crippen LogP contribution in [-0.2, 0) is 10.9 Å². The summed E-state index contributed by atoms with van der Waals surface area (Å²) >= 11 is 2.55. The molecule has 0 spiro atoms. The van der Waals surface area contributed by atoms with E-state index in [2.05, 4.69) is 25.7 Å². The Balaban J connectivity index is 3.60. The molecule has 0 amide bonds. The summed E-state index contributed by atoms with van der Waals surface area (Å²) in [5.41, 5.74) is -4.04. The first-order valence-electron chi connectivity index (χ1n) is 4.91. The zero-order valence-electron chi connectivity index (χ0n) is 9.39. The Morgan fingerprint density at radius 2 is 2.05 bits per heavy atom. The van der Waals surface area contributed by atoms with E-state index in [1.165, 1.54) is 6.92 Å². The number of hydrogen-bond acceptors (Lipinski definition) is 3. The van der Waals surface area contributed by atoms with Gasteiger partial charge in [0, 0.05) is 10.7 Å². The molecular formula is C10H7BrF5NO2. The summed E-state index contributed by atoms with van der Waals surface area (Å²) in [6, 6.07) is 0. The van der Waals surface area contributed by atoms with Crippen molar-refractivity contribution in [3.8, 4) is 0 Å². The van der Waals surface area contributed by atoms with Crippen LogP contribution in [0.25, 0.3) is 0 Å². The minimum Gasteiger partial charge on any atom is -0.462 e. The van der Waals surface area contributed by atoms with Gasteiger partial charge in [0.15, 0.2) is 0 Å². The molecule has 0 bridgehead atoms. The summed E-state index contributed by atoms with van der Waals surface area (Å²) in [6.07, 6.45) is -7.74. The van der Waals surface area contributed by atoms with Crippen LogP contribution >= 0.6 is 15.9 Å². The minimum atomic E-state index is -4.99. The SMILES string of the molecule is CCOC(=O)c1c(C(F)F)ncc(Br)c1C(F)(F)F. The number of halogens is 6. The Hall–Kier alpha value is -1.25. The van der Waals surface area contributed by atoms with Crippen LogP contribution in [-0.4, -0.2) is 17.6 Å². The highest BCUT2D eigenvalue weighted by atomic mass is 79.9. The molecule has 0 aliphatic heterocycles. The third-order valence-electron chi connectivity index (χ3n) is 2.03. The summed E-state index contributed by atoms with van der Waals surface area (Å²) in [6.45, 7) is 1.10. The van der Waals surface area contributed by atoms with E-state index in [9.17, 15) is 26.7 Å². The predicted molar refractivity (Wildman–Crippen MR) is 57.9 cm³/mol. The van der Waals surface area contributed by atoms with Gasteiger partial charge in [-0.1, -0.05) is 0 Å². The maximum Gasteiger partial charge on any atom is 0.418 e. The molecule has 0 saturated heterocycles. The molecule has 0 aliphatic rings. The molecule has 0 atom stereocenters. The van der Waals surface area contributed by atoms with E-state index in [-0.39, 0.29) is 6.61 Å². The van der Waals surface area contributed by atoms with E-state index in [0.717, 1.165) is 0 Å². The molecule has 9 heteroatoms. The normalized spacial score (nSPS) is 11.8. The van der Waals surface area contributed by atoms with Crippen LogP contribution < -0.4 is 0 Å². The number of alkyl halides is 5. The van der Waals surface area contributed by atoms with Crippen molar-refractivity contribution >= 4 is 21.9 Å². The lowest BCUT2D eigenvalue weighted by atomic mass is 10.1. The molecule has 19 heavy (non-hydrogen) atoms. The van der Waals surface area contributed by atoms with Gasteiger partial charge in [-0.05, 0) is 22.9 Å². The van der Waals surface area contributed by atoms with Gasteiger partial charge in [0.05, 0.1) is 12.2 Å². The molecule has 1 heterocycles. The lowest BCUT2D eigenvalue weighted by molar-refractivity contribution is -0.139. The summed E-state index contributed by atoms with van der Waals surface area (Å²) in [7, 11) is 0. The number of ether oxygens (including phenoxy) is 1. The number of nitrogens with zero attached hydrogens (tertiary/aromatic N) is 1. The van der Waals surface area contributed by atoms with Crippen LogP contribution in [0.2, 0.25) is 0 Å². The number of aromatic nitrogens is 1. The average molecular weight is 348 g/mol. The molecule has 0 unspecified atom stereocenters. The summed E-state index contributed by atoms with van der Waals surface area (Å²) < 4.78 is 67.7. The van der Waals surface area contributed by atoms with E-state index in [4.69, 9.17) is 0 Å². The second kappa shape index (κ2) is 5.81. The Bertz CT molecular complexity index is 490. The lowest BCUT2D eigenvalue weighted by Gasteiger charge is -2.16. The summed E-state index contributed by atoms with van der Waals surface area (Å²) in [5, 5.41) is 0. The van der Waals surface area contributed by atoms with Crippen LogP contribution in [0.15, 0.2) is 10.7 Å². The van der Waals surface area contributed by atoms with Crippen LogP contribution in [0.1, 0.15) is 35.0 Å². The number of hydrogen-bond donors (Lipinski definition) is 0. The van der Waals surface area contributed by atoms with Crippen molar-refractivity contribution in [1.29, 1.82) is 0 Å². The topological polar surface area (TPSA) is 39.2 Å². The molecule has 0 aromatic carbocycles. The van der Waals surface area contributed by atoms with Crippen molar-refractivity contribution in [3.63, 3.8) is 0 Å². The number of carbonyl (C=O) groups is 1. The van der Waals surface area contributed by atoms with Crippen LogP contribution in [0.3, 0.4) is 0 Å². The van der Waals surface area contributed by atoms with Gasteiger partial charge in [-0.15, -0.1) is 0 Å². The Morgan fingerprint density at radius 1 is 1.47 bits per heavy atom. The second-order valence-corrected chi connectivity index (χ2v) is 4.11.